The van der Waals surface area contributed by atoms with Crippen LogP contribution in [0.25, 0.3) is 0 Å². The highest BCUT2D eigenvalue weighted by Gasteiger charge is 2.35. The topological polar surface area (TPSA) is 144 Å². The fraction of sp³-hybridized carbons (Fsp3) is 0.862. The van der Waals surface area contributed by atoms with Crippen molar-refractivity contribution in [2.24, 2.45) is 23.7 Å². The molecule has 44 heavy (non-hydrogen) atoms. The van der Waals surface area contributed by atoms with Gasteiger partial charge in [0.05, 0.1) is 19.8 Å². The molecule has 0 saturated heterocycles. The molecule has 0 aliphatic rings. The van der Waals surface area contributed by atoms with E-state index in [1.54, 1.807) is 0 Å². The van der Waals surface area contributed by atoms with Gasteiger partial charge in [0.25, 0.3) is 0 Å². The van der Waals surface area contributed by atoms with Gasteiger partial charge >= 0.3 is 0 Å². The van der Waals surface area contributed by atoms with Crippen LogP contribution in [0, 0.1) is 23.7 Å². The first-order valence-electron chi connectivity index (χ1n) is 15.1. The number of amides is 4. The van der Waals surface area contributed by atoms with Crippen LogP contribution in [0.4, 0.5) is 0 Å². The van der Waals surface area contributed by atoms with E-state index in [0.29, 0.717) is 80.0 Å². The molecule has 258 valence electrons. The number of ether oxygens (including phenoxy) is 3. The number of alkyl halides is 4. The summed E-state index contributed by atoms with van der Waals surface area (Å²) in [5.41, 5.74) is -0.970. The lowest BCUT2D eigenvalue weighted by Gasteiger charge is -2.35. The first kappa shape index (κ1) is 43.7. The number of halogens is 4. The van der Waals surface area contributed by atoms with Crippen molar-refractivity contribution in [3.63, 3.8) is 0 Å². The first-order valence-corrected chi connectivity index (χ1v) is 19.6. The number of carbonyl (C=O) groups is 4. The highest BCUT2D eigenvalue weighted by atomic mass is 79.9. The molecule has 4 unspecified atom stereocenters. The second kappa shape index (κ2) is 26.7. The third kappa shape index (κ3) is 20.0. The van der Waals surface area contributed by atoms with Gasteiger partial charge in [-0.1, -0.05) is 91.4 Å². The van der Waals surface area contributed by atoms with E-state index in [-0.39, 0.29) is 67.1 Å². The van der Waals surface area contributed by atoms with Gasteiger partial charge in [-0.25, -0.2) is 0 Å². The van der Waals surface area contributed by atoms with Crippen LogP contribution in [0.1, 0.15) is 47.0 Å². The molecule has 4 N–H and O–H groups in total. The van der Waals surface area contributed by atoms with E-state index in [2.05, 4.69) is 85.0 Å². The highest BCUT2D eigenvalue weighted by molar-refractivity contribution is 9.09. The van der Waals surface area contributed by atoms with Gasteiger partial charge in [0.2, 0.25) is 23.6 Å². The molecule has 0 radical (unpaired) electrons. The molecule has 11 nitrogen and oxygen atoms in total. The number of hydrogen-bond acceptors (Lipinski definition) is 7. The van der Waals surface area contributed by atoms with E-state index >= 15 is 0 Å². The van der Waals surface area contributed by atoms with Crippen molar-refractivity contribution in [2.75, 3.05) is 80.6 Å². The summed E-state index contributed by atoms with van der Waals surface area (Å²) in [5, 5.41) is 14.0. The van der Waals surface area contributed by atoms with Gasteiger partial charge in [-0.3, -0.25) is 19.2 Å². The molecule has 15 heteroatoms. The lowest BCUT2D eigenvalue weighted by Crippen LogP contribution is -2.59. The molecule has 0 rings (SSSR count). The molecule has 0 aliphatic heterocycles. The molecular formula is C29H52Br4N4O7. The van der Waals surface area contributed by atoms with Crippen molar-refractivity contribution in [1.82, 2.24) is 21.3 Å². The summed E-state index contributed by atoms with van der Waals surface area (Å²) in [6.45, 7) is 10.3. The van der Waals surface area contributed by atoms with Gasteiger partial charge in [0, 0.05) is 84.4 Å². The van der Waals surface area contributed by atoms with E-state index in [9.17, 15) is 19.2 Å². The Bertz CT molecular complexity index is 745. The molecule has 0 aromatic carbocycles. The second-order valence-electron chi connectivity index (χ2n) is 11.1. The Morgan fingerprint density at radius 2 is 0.795 bits per heavy atom. The molecule has 0 aromatic rings. The van der Waals surface area contributed by atoms with Crippen LogP contribution < -0.4 is 21.3 Å². The normalized spacial score (nSPS) is 15.4. The van der Waals surface area contributed by atoms with Crippen LogP contribution in [0.3, 0.4) is 0 Å². The molecule has 0 spiro atoms. The lowest BCUT2D eigenvalue weighted by atomic mass is 10.0. The minimum atomic E-state index is -0.970. The Labute approximate surface area is 297 Å². The standard InChI is InChI=1S/C29H52Br4N4O7/c1-21(14-30)25(38)34-8-5-11-42-18-29(37-28(41)24(4)17-33,19-43-12-6-9-35-26(39)22(2)15-31)20-44-13-7-10-36-27(40)23(3)16-32/h21-24H,5-20H2,1-4H3,(H,34,38)(H,35,39)(H,36,40)(H,37,41). The van der Waals surface area contributed by atoms with Gasteiger partial charge in [-0.15, -0.1) is 0 Å². The van der Waals surface area contributed by atoms with Crippen molar-refractivity contribution in [3.05, 3.63) is 0 Å². The zero-order valence-corrected chi connectivity index (χ0v) is 32.8. The minimum Gasteiger partial charge on any atom is -0.379 e. The Kier molecular flexibility index (Phi) is 26.5. The quantitative estimate of drug-likeness (QED) is 0.0731. The monoisotopic (exact) mass is 884 g/mol. The number of rotatable bonds is 27. The maximum Gasteiger partial charge on any atom is 0.224 e. The van der Waals surface area contributed by atoms with Gasteiger partial charge in [0.15, 0.2) is 0 Å². The Morgan fingerprint density at radius 1 is 0.523 bits per heavy atom. The lowest BCUT2D eigenvalue weighted by molar-refractivity contribution is -0.131. The van der Waals surface area contributed by atoms with Crippen LogP contribution in [0.2, 0.25) is 0 Å². The van der Waals surface area contributed by atoms with E-state index < -0.39 is 5.54 Å². The van der Waals surface area contributed by atoms with Crippen molar-refractivity contribution < 1.29 is 33.4 Å². The Morgan fingerprint density at radius 3 is 1.07 bits per heavy atom. The maximum atomic E-state index is 13.0. The second-order valence-corrected chi connectivity index (χ2v) is 13.7. The predicted molar refractivity (Wildman–Crippen MR) is 188 cm³/mol. The molecule has 0 heterocycles. The summed E-state index contributed by atoms with van der Waals surface area (Å²) >= 11 is 13.3. The number of carbonyl (C=O) groups excluding carboxylic acids is 4. The Hall–Kier alpha value is -0.320. The van der Waals surface area contributed by atoms with Gasteiger partial charge in [-0.05, 0) is 19.3 Å². The molecule has 0 saturated carbocycles. The zero-order valence-electron chi connectivity index (χ0n) is 26.5. The van der Waals surface area contributed by atoms with E-state index in [1.807, 2.05) is 27.7 Å². The number of hydrogen-bond donors (Lipinski definition) is 4. The Balaban J connectivity index is 5.25. The van der Waals surface area contributed by atoms with E-state index in [1.165, 1.54) is 0 Å². The van der Waals surface area contributed by atoms with Gasteiger partial charge < -0.3 is 35.5 Å². The summed E-state index contributed by atoms with van der Waals surface area (Å²) in [5.74, 6) is -0.885. The average Bonchev–Trinajstić information content (AvgIpc) is 3.03. The zero-order chi connectivity index (χ0) is 33.4. The minimum absolute atomic E-state index is 0.0234. The molecule has 0 aliphatic carbocycles. The van der Waals surface area contributed by atoms with Gasteiger partial charge in [0.1, 0.15) is 5.54 Å². The van der Waals surface area contributed by atoms with Crippen LogP contribution in [0.15, 0.2) is 0 Å². The van der Waals surface area contributed by atoms with Crippen LogP contribution in [-0.2, 0) is 33.4 Å². The molecule has 4 amide bonds. The van der Waals surface area contributed by atoms with Crippen LogP contribution in [-0.4, -0.2) is 110 Å². The summed E-state index contributed by atoms with van der Waals surface area (Å²) in [7, 11) is 0. The largest absolute Gasteiger partial charge is 0.379 e. The van der Waals surface area contributed by atoms with Crippen molar-refractivity contribution in [1.29, 1.82) is 0 Å². The molecule has 0 aromatic heterocycles. The molecule has 0 bridgehead atoms. The molecular weight excluding hydrogens is 836 g/mol. The summed E-state index contributed by atoms with van der Waals surface area (Å²) in [6, 6.07) is 0. The predicted octanol–water partition coefficient (Wildman–Crippen LogP) is 3.53. The molecule has 4 atom stereocenters. The molecule has 0 fully saturated rings. The van der Waals surface area contributed by atoms with Crippen LogP contribution in [0.5, 0.6) is 0 Å². The summed E-state index contributed by atoms with van der Waals surface area (Å²) in [6.07, 6.45) is 1.80. The summed E-state index contributed by atoms with van der Waals surface area (Å²) < 4.78 is 18.0. The average molecular weight is 888 g/mol. The smallest absolute Gasteiger partial charge is 0.224 e. The highest BCUT2D eigenvalue weighted by Crippen LogP contribution is 2.13. The van der Waals surface area contributed by atoms with Crippen molar-refractivity contribution >= 4 is 87.3 Å². The third-order valence-electron chi connectivity index (χ3n) is 6.53. The fourth-order valence-corrected chi connectivity index (χ4v) is 4.56. The number of nitrogens with one attached hydrogen (secondary N) is 4. The third-order valence-corrected chi connectivity index (χ3v) is 10.4. The van der Waals surface area contributed by atoms with Crippen molar-refractivity contribution in [3.8, 4) is 0 Å². The van der Waals surface area contributed by atoms with Gasteiger partial charge in [-0.2, -0.15) is 0 Å². The fourth-order valence-electron chi connectivity index (χ4n) is 3.38. The van der Waals surface area contributed by atoms with Crippen molar-refractivity contribution in [2.45, 2.75) is 52.5 Å². The first-order chi connectivity index (χ1) is 21.0. The maximum absolute atomic E-state index is 13.0. The van der Waals surface area contributed by atoms with Crippen LogP contribution >= 0.6 is 63.7 Å². The van der Waals surface area contributed by atoms with E-state index in [0.717, 1.165) is 0 Å². The summed E-state index contributed by atoms with van der Waals surface area (Å²) in [4.78, 5) is 49.1. The van der Waals surface area contributed by atoms with E-state index in [4.69, 9.17) is 14.2 Å². The SMILES string of the molecule is CC(CBr)C(=O)NCCCOCC(COCCCNC(=O)C(C)CBr)(COCCCNC(=O)C(C)CBr)NC(=O)C(C)CBr.